The topological polar surface area (TPSA) is 56.0 Å². The van der Waals surface area contributed by atoms with Gasteiger partial charge in [0.1, 0.15) is 0 Å². The van der Waals surface area contributed by atoms with Crippen LogP contribution in [0.4, 0.5) is 5.69 Å². The third-order valence-corrected chi connectivity index (χ3v) is 2.32. The molecule has 5 heteroatoms. The van der Waals surface area contributed by atoms with Gasteiger partial charge < -0.3 is 0 Å². The van der Waals surface area contributed by atoms with Gasteiger partial charge in [-0.05, 0) is 6.07 Å². The Balaban J connectivity index is 0.000000461. The van der Waals surface area contributed by atoms with Gasteiger partial charge in [0, 0.05) is 12.1 Å². The van der Waals surface area contributed by atoms with Crippen molar-refractivity contribution in [2.75, 3.05) is 0 Å². The van der Waals surface area contributed by atoms with Gasteiger partial charge in [0.2, 0.25) is 0 Å². The maximum absolute atomic E-state index is 10.4. The Hall–Kier alpha value is -1.49. The number of nitrogens with zero attached hydrogens (tertiary/aromatic N) is 2. The van der Waals surface area contributed by atoms with Gasteiger partial charge in [-0.25, -0.2) is 4.98 Å². The number of hydrogen-bond acceptors (Lipinski definition) is 4. The van der Waals surface area contributed by atoms with Crippen LogP contribution in [0.1, 0.15) is 13.8 Å². The van der Waals surface area contributed by atoms with Crippen LogP contribution in [0.15, 0.2) is 23.7 Å². The summed E-state index contributed by atoms with van der Waals surface area (Å²) in [6, 6.07) is 4.65. The van der Waals surface area contributed by atoms with E-state index in [9.17, 15) is 10.1 Å². The minimum Gasteiger partial charge on any atom is -0.258 e. The molecule has 0 fully saturated rings. The molecule has 0 amide bonds. The summed E-state index contributed by atoms with van der Waals surface area (Å²) in [7, 11) is 0. The lowest BCUT2D eigenvalue weighted by molar-refractivity contribution is -0.384. The minimum absolute atomic E-state index is 0.117. The van der Waals surface area contributed by atoms with Crippen LogP contribution in [-0.4, -0.2) is 9.91 Å². The zero-order valence-corrected chi connectivity index (χ0v) is 8.75. The Bertz CT molecular complexity index is 439. The summed E-state index contributed by atoms with van der Waals surface area (Å²) in [5.41, 5.74) is 2.60. The van der Waals surface area contributed by atoms with Crippen molar-refractivity contribution in [3.05, 3.63) is 33.8 Å². The molecule has 0 bridgehead atoms. The summed E-state index contributed by atoms with van der Waals surface area (Å²) >= 11 is 1.40. The van der Waals surface area contributed by atoms with E-state index in [2.05, 4.69) is 4.98 Å². The molecule has 0 radical (unpaired) electrons. The van der Waals surface area contributed by atoms with Gasteiger partial charge >= 0.3 is 0 Å². The third kappa shape index (κ3) is 2.05. The molecule has 4 nitrogen and oxygen atoms in total. The summed E-state index contributed by atoms with van der Waals surface area (Å²) in [6.45, 7) is 4.00. The minimum atomic E-state index is -0.404. The Morgan fingerprint density at radius 1 is 1.43 bits per heavy atom. The number of aromatic nitrogens is 1. The van der Waals surface area contributed by atoms with Gasteiger partial charge in [0.05, 0.1) is 20.7 Å². The van der Waals surface area contributed by atoms with Crippen molar-refractivity contribution in [2.45, 2.75) is 13.8 Å². The number of non-ortho nitro benzene ring substituents is 1. The first-order valence-electron chi connectivity index (χ1n) is 4.25. The Kier molecular flexibility index (Phi) is 3.53. The molecule has 0 saturated heterocycles. The van der Waals surface area contributed by atoms with Crippen LogP contribution in [0.5, 0.6) is 0 Å². The average Bonchev–Trinajstić information content (AvgIpc) is 2.67. The predicted molar refractivity (Wildman–Crippen MR) is 57.6 cm³/mol. The van der Waals surface area contributed by atoms with E-state index in [0.717, 1.165) is 10.2 Å². The Morgan fingerprint density at radius 2 is 2.14 bits per heavy atom. The van der Waals surface area contributed by atoms with Crippen LogP contribution in [-0.2, 0) is 0 Å². The van der Waals surface area contributed by atoms with Gasteiger partial charge in [-0.15, -0.1) is 11.3 Å². The number of benzene rings is 1. The van der Waals surface area contributed by atoms with Gasteiger partial charge in [-0.3, -0.25) is 10.1 Å². The first kappa shape index (κ1) is 10.6. The number of nitro benzene ring substituents is 1. The fourth-order valence-corrected chi connectivity index (χ4v) is 1.67. The SMILES string of the molecule is CC.O=[N+]([O-])c1ccc2ncsc2c1. The number of nitro groups is 1. The van der Waals surface area contributed by atoms with Crippen LogP contribution in [0.25, 0.3) is 10.2 Å². The summed E-state index contributed by atoms with van der Waals surface area (Å²) in [4.78, 5) is 14.0. The highest BCUT2D eigenvalue weighted by Crippen LogP contribution is 2.22. The normalized spacial score (nSPS) is 9.29. The second-order valence-corrected chi connectivity index (χ2v) is 3.15. The number of rotatable bonds is 1. The second-order valence-electron chi connectivity index (χ2n) is 2.26. The largest absolute Gasteiger partial charge is 0.270 e. The van der Waals surface area contributed by atoms with Crippen molar-refractivity contribution in [1.82, 2.24) is 4.98 Å². The van der Waals surface area contributed by atoms with E-state index in [1.165, 1.54) is 23.5 Å². The fourth-order valence-electron chi connectivity index (χ4n) is 0.957. The molecular weight excluding hydrogens is 200 g/mol. The van der Waals surface area contributed by atoms with E-state index >= 15 is 0 Å². The second kappa shape index (κ2) is 4.66. The molecule has 0 saturated carbocycles. The summed E-state index contributed by atoms with van der Waals surface area (Å²) in [6.07, 6.45) is 0. The number of thiazole rings is 1. The maximum atomic E-state index is 10.4. The molecule has 14 heavy (non-hydrogen) atoms. The van der Waals surface area contributed by atoms with E-state index in [1.807, 2.05) is 13.8 Å². The average molecular weight is 210 g/mol. The first-order chi connectivity index (χ1) is 6.77. The maximum Gasteiger partial charge on any atom is 0.270 e. The molecular formula is C9H10N2O2S. The molecule has 0 atom stereocenters. The van der Waals surface area contributed by atoms with Crippen molar-refractivity contribution in [2.24, 2.45) is 0 Å². The van der Waals surface area contributed by atoms with E-state index < -0.39 is 4.92 Å². The smallest absolute Gasteiger partial charge is 0.258 e. The molecule has 0 spiro atoms. The Labute approximate surface area is 85.4 Å². The van der Waals surface area contributed by atoms with Gasteiger partial charge in [-0.2, -0.15) is 0 Å². The van der Waals surface area contributed by atoms with Crippen molar-refractivity contribution in [3.8, 4) is 0 Å². The highest BCUT2D eigenvalue weighted by atomic mass is 32.1. The summed E-state index contributed by atoms with van der Waals surface area (Å²) in [5, 5.41) is 10.4. The molecule has 0 aliphatic carbocycles. The van der Waals surface area contributed by atoms with Gasteiger partial charge in [0.25, 0.3) is 5.69 Å². The van der Waals surface area contributed by atoms with Crippen LogP contribution < -0.4 is 0 Å². The zero-order chi connectivity index (χ0) is 10.6. The van der Waals surface area contributed by atoms with E-state index in [1.54, 1.807) is 11.6 Å². The van der Waals surface area contributed by atoms with Gasteiger partial charge in [0.15, 0.2) is 0 Å². The number of hydrogen-bond donors (Lipinski definition) is 0. The van der Waals surface area contributed by atoms with Crippen LogP contribution in [0.3, 0.4) is 0 Å². The molecule has 1 aromatic heterocycles. The molecule has 0 aliphatic heterocycles. The molecule has 2 aromatic rings. The molecule has 0 aliphatic rings. The summed E-state index contributed by atoms with van der Waals surface area (Å²) < 4.78 is 0.851. The highest BCUT2D eigenvalue weighted by molar-refractivity contribution is 7.16. The first-order valence-corrected chi connectivity index (χ1v) is 5.13. The molecule has 0 N–H and O–H groups in total. The standard InChI is InChI=1S/C7H4N2O2S.C2H6/c10-9(11)5-1-2-6-7(3-5)12-4-8-6;1-2/h1-4H;1-2H3. The van der Waals surface area contributed by atoms with Crippen LogP contribution in [0.2, 0.25) is 0 Å². The lowest BCUT2D eigenvalue weighted by atomic mass is 10.3. The lowest BCUT2D eigenvalue weighted by Gasteiger charge is -1.89. The van der Waals surface area contributed by atoms with Gasteiger partial charge in [-0.1, -0.05) is 13.8 Å². The molecule has 0 unspecified atom stereocenters. The lowest BCUT2D eigenvalue weighted by Crippen LogP contribution is -1.85. The highest BCUT2D eigenvalue weighted by Gasteiger charge is 2.06. The molecule has 74 valence electrons. The zero-order valence-electron chi connectivity index (χ0n) is 7.93. The quantitative estimate of drug-likeness (QED) is 0.536. The van der Waals surface area contributed by atoms with Crippen LogP contribution >= 0.6 is 11.3 Å². The predicted octanol–water partition coefficient (Wildman–Crippen LogP) is 3.23. The third-order valence-electron chi connectivity index (χ3n) is 1.53. The molecule has 2 rings (SSSR count). The van der Waals surface area contributed by atoms with Crippen LogP contribution in [0, 0.1) is 10.1 Å². The molecule has 1 aromatic carbocycles. The van der Waals surface area contributed by atoms with E-state index in [-0.39, 0.29) is 5.69 Å². The van der Waals surface area contributed by atoms with Crippen molar-refractivity contribution in [1.29, 1.82) is 0 Å². The summed E-state index contributed by atoms with van der Waals surface area (Å²) in [5.74, 6) is 0. The Morgan fingerprint density at radius 3 is 2.79 bits per heavy atom. The van der Waals surface area contributed by atoms with E-state index in [4.69, 9.17) is 0 Å². The van der Waals surface area contributed by atoms with Crippen molar-refractivity contribution >= 4 is 27.2 Å². The van der Waals surface area contributed by atoms with E-state index in [0.29, 0.717) is 0 Å². The number of fused-ring (bicyclic) bond motifs is 1. The molecule has 1 heterocycles. The fraction of sp³-hybridized carbons (Fsp3) is 0.222. The monoisotopic (exact) mass is 210 g/mol. The van der Waals surface area contributed by atoms with Crippen molar-refractivity contribution in [3.63, 3.8) is 0 Å². The van der Waals surface area contributed by atoms with Crippen molar-refractivity contribution < 1.29 is 4.92 Å².